The third kappa shape index (κ3) is 7.27. The predicted octanol–water partition coefficient (Wildman–Crippen LogP) is -2.11. The molecule has 3 rings (SSSR count). The van der Waals surface area contributed by atoms with E-state index in [1.54, 1.807) is 6.92 Å². The Kier molecular flexibility index (Phi) is 9.94. The molecular weight excluding hydrogens is 556 g/mol. The molecule has 2 fully saturated rings. The molecule has 3 aliphatic heterocycles. The third-order valence-electron chi connectivity index (χ3n) is 6.06. The van der Waals surface area contributed by atoms with Gasteiger partial charge in [-0.1, -0.05) is 6.58 Å². The molecular formula is C19H33N3O14P2. The van der Waals surface area contributed by atoms with E-state index in [0.29, 0.717) is 5.57 Å². The molecule has 3 heterocycles. The van der Waals surface area contributed by atoms with Crippen molar-refractivity contribution in [3.05, 3.63) is 24.2 Å². The summed E-state index contributed by atoms with van der Waals surface area (Å²) in [7, 11) is -7.78. The average Bonchev–Trinajstić information content (AvgIpc) is 3.16. The standard InChI is InChI=1S/C19H33N3O14P2/c1-9-6-22(10(2)20-18(9)27)14-5-11(24)13(33-14)8-32-37(28,29)36-38(30,31)35-19-17(26)15(21(3)4)16(25)12(7-23)34-19/h6,11-17,19,23-26H,2,5,7-8H2,1,3-4H3,(H,20,27)(H,28,29)(H,30,31)/t11?,12?,13-,14-,15+,16+,17?,19+/m1/s1. The van der Waals surface area contributed by atoms with Crippen LogP contribution in [-0.2, 0) is 36.8 Å². The van der Waals surface area contributed by atoms with E-state index in [0.717, 1.165) is 0 Å². The molecule has 5 unspecified atom stereocenters. The number of aliphatic hydroxyl groups is 4. The van der Waals surface area contributed by atoms with Gasteiger partial charge in [-0.2, -0.15) is 4.31 Å². The first-order chi connectivity index (χ1) is 17.5. The molecule has 0 aromatic carbocycles. The first-order valence-corrected chi connectivity index (χ1v) is 14.3. The summed E-state index contributed by atoms with van der Waals surface area (Å²) in [5.74, 6) is -0.168. The summed E-state index contributed by atoms with van der Waals surface area (Å²) in [5.41, 5.74) is 0.353. The molecule has 2 saturated heterocycles. The number of hydrogen-bond donors (Lipinski definition) is 7. The van der Waals surface area contributed by atoms with Gasteiger partial charge in [0, 0.05) is 18.2 Å². The maximum absolute atomic E-state index is 12.4. The number of phosphoric acid groups is 2. The Morgan fingerprint density at radius 2 is 1.82 bits per heavy atom. The van der Waals surface area contributed by atoms with Crippen LogP contribution in [0.4, 0.5) is 0 Å². The van der Waals surface area contributed by atoms with Crippen LogP contribution < -0.4 is 5.32 Å². The van der Waals surface area contributed by atoms with Crippen molar-refractivity contribution in [3.63, 3.8) is 0 Å². The summed E-state index contributed by atoms with van der Waals surface area (Å²) in [4.78, 5) is 34.5. The van der Waals surface area contributed by atoms with Gasteiger partial charge >= 0.3 is 15.6 Å². The highest BCUT2D eigenvalue weighted by Gasteiger charge is 2.50. The predicted molar refractivity (Wildman–Crippen MR) is 125 cm³/mol. The number of ether oxygens (including phenoxy) is 2. The maximum atomic E-state index is 12.4. The van der Waals surface area contributed by atoms with Gasteiger partial charge in [0.2, 0.25) is 0 Å². The second kappa shape index (κ2) is 12.1. The molecule has 10 atom stereocenters. The zero-order valence-corrected chi connectivity index (χ0v) is 22.6. The van der Waals surface area contributed by atoms with E-state index in [9.17, 15) is 44.1 Å². The van der Waals surface area contributed by atoms with E-state index < -0.39 is 77.9 Å². The van der Waals surface area contributed by atoms with Crippen LogP contribution in [-0.4, -0.2) is 122 Å². The van der Waals surface area contributed by atoms with Gasteiger partial charge in [-0.05, 0) is 21.0 Å². The zero-order chi connectivity index (χ0) is 28.6. The van der Waals surface area contributed by atoms with Crippen LogP contribution in [0.1, 0.15) is 13.3 Å². The number of amides is 1. The van der Waals surface area contributed by atoms with Gasteiger partial charge in [-0.25, -0.2) is 9.13 Å². The molecule has 0 bridgehead atoms. The van der Waals surface area contributed by atoms with E-state index in [-0.39, 0.29) is 18.1 Å². The highest BCUT2D eigenvalue weighted by molar-refractivity contribution is 7.61. The summed E-state index contributed by atoms with van der Waals surface area (Å²) in [6.07, 6.45) is -8.06. The van der Waals surface area contributed by atoms with Crippen molar-refractivity contribution in [3.8, 4) is 0 Å². The monoisotopic (exact) mass is 589 g/mol. The van der Waals surface area contributed by atoms with Gasteiger partial charge in [0.15, 0.2) is 6.29 Å². The van der Waals surface area contributed by atoms with Gasteiger partial charge in [-0.15, -0.1) is 0 Å². The lowest BCUT2D eigenvalue weighted by Gasteiger charge is -2.44. The molecule has 7 N–H and O–H groups in total. The van der Waals surface area contributed by atoms with Gasteiger partial charge in [0.1, 0.15) is 36.5 Å². The van der Waals surface area contributed by atoms with Crippen molar-refractivity contribution in [1.82, 2.24) is 15.1 Å². The molecule has 19 heteroatoms. The molecule has 0 aliphatic carbocycles. The number of aliphatic hydroxyl groups excluding tert-OH is 4. The number of hydrogen-bond acceptors (Lipinski definition) is 14. The molecule has 17 nitrogen and oxygen atoms in total. The summed E-state index contributed by atoms with van der Waals surface area (Å²) in [5, 5.41) is 42.9. The minimum atomic E-state index is -5.44. The fourth-order valence-electron chi connectivity index (χ4n) is 4.17. The third-order valence-corrected chi connectivity index (χ3v) is 8.67. The largest absolute Gasteiger partial charge is 0.483 e. The van der Waals surface area contributed by atoms with E-state index in [4.69, 9.17) is 18.5 Å². The number of carbonyl (C=O) groups is 1. The molecule has 38 heavy (non-hydrogen) atoms. The SMILES string of the molecule is C=C1NC(=O)C(C)=CN1[C@H]1CC(O)[C@@H](COP(=O)(O)OP(=O)(O)O[C@@H]2OC(CO)[C@H](O)[C@H](N(C)C)C2O)O1. The first kappa shape index (κ1) is 31.3. The van der Waals surface area contributed by atoms with Gasteiger partial charge in [0.05, 0.1) is 25.4 Å². The Labute approximate surface area is 218 Å². The fraction of sp³-hybridized carbons (Fsp3) is 0.737. The van der Waals surface area contributed by atoms with Crippen molar-refractivity contribution in [2.75, 3.05) is 27.3 Å². The van der Waals surface area contributed by atoms with Crippen molar-refractivity contribution < 1.29 is 67.0 Å². The summed E-state index contributed by atoms with van der Waals surface area (Å²) < 4.78 is 49.3. The number of carbonyl (C=O) groups excluding carboxylic acids is 1. The highest BCUT2D eigenvalue weighted by atomic mass is 31.3. The Balaban J connectivity index is 1.59. The smallest absolute Gasteiger partial charge is 0.394 e. The summed E-state index contributed by atoms with van der Waals surface area (Å²) in [6, 6.07) is -1.10. The van der Waals surface area contributed by atoms with E-state index >= 15 is 0 Å². The van der Waals surface area contributed by atoms with Crippen LogP contribution in [0.25, 0.3) is 0 Å². The Bertz CT molecular complexity index is 1030. The molecule has 0 aromatic heterocycles. The normalized spacial score (nSPS) is 37.5. The summed E-state index contributed by atoms with van der Waals surface area (Å²) >= 11 is 0. The second-order valence-electron chi connectivity index (χ2n) is 9.13. The van der Waals surface area contributed by atoms with Crippen LogP contribution in [0, 0.1) is 0 Å². The van der Waals surface area contributed by atoms with Crippen LogP contribution in [0.5, 0.6) is 0 Å². The van der Waals surface area contributed by atoms with Crippen molar-refractivity contribution in [1.29, 1.82) is 0 Å². The zero-order valence-electron chi connectivity index (χ0n) is 20.8. The Morgan fingerprint density at radius 3 is 2.42 bits per heavy atom. The quantitative estimate of drug-likeness (QED) is 0.135. The van der Waals surface area contributed by atoms with Crippen LogP contribution >= 0.6 is 15.6 Å². The van der Waals surface area contributed by atoms with Crippen molar-refractivity contribution in [2.45, 2.75) is 62.4 Å². The molecule has 0 saturated carbocycles. The van der Waals surface area contributed by atoms with Gasteiger partial charge in [0.25, 0.3) is 5.91 Å². The van der Waals surface area contributed by atoms with E-state index in [1.807, 2.05) is 0 Å². The number of nitrogens with one attached hydrogen (secondary N) is 1. The van der Waals surface area contributed by atoms with E-state index in [2.05, 4.69) is 16.2 Å². The van der Waals surface area contributed by atoms with Crippen molar-refractivity contribution >= 4 is 21.6 Å². The minimum absolute atomic E-state index is 0.00666. The lowest BCUT2D eigenvalue weighted by Crippen LogP contribution is -2.63. The first-order valence-electron chi connectivity index (χ1n) is 11.3. The molecule has 0 spiro atoms. The number of likely N-dealkylation sites (N-methyl/N-ethyl adjacent to an activating group) is 1. The highest BCUT2D eigenvalue weighted by Crippen LogP contribution is 2.61. The molecule has 218 valence electrons. The fourth-order valence-corrected chi connectivity index (χ4v) is 6.33. The van der Waals surface area contributed by atoms with Crippen molar-refractivity contribution in [2.24, 2.45) is 0 Å². The van der Waals surface area contributed by atoms with E-state index in [1.165, 1.54) is 30.1 Å². The molecule has 1 amide bonds. The number of phosphoric ester groups is 2. The average molecular weight is 589 g/mol. The minimum Gasteiger partial charge on any atom is -0.394 e. The molecule has 0 radical (unpaired) electrons. The molecule has 0 aromatic rings. The lowest BCUT2D eigenvalue weighted by molar-refractivity contribution is -0.266. The summed E-state index contributed by atoms with van der Waals surface area (Å²) in [6.45, 7) is 3.78. The lowest BCUT2D eigenvalue weighted by atomic mass is 9.95. The van der Waals surface area contributed by atoms with Crippen LogP contribution in [0.3, 0.4) is 0 Å². The van der Waals surface area contributed by atoms with Gasteiger partial charge in [-0.3, -0.25) is 13.8 Å². The maximum Gasteiger partial charge on any atom is 0.483 e. The second-order valence-corrected chi connectivity index (χ2v) is 12.1. The number of nitrogens with zero attached hydrogens (tertiary/aromatic N) is 2. The van der Waals surface area contributed by atoms with Crippen LogP contribution in [0.2, 0.25) is 0 Å². The number of rotatable bonds is 10. The topological polar surface area (TPSA) is 237 Å². The Morgan fingerprint density at radius 1 is 1.16 bits per heavy atom. The Hall–Kier alpha value is -1.27. The molecule has 3 aliphatic rings. The van der Waals surface area contributed by atoms with Gasteiger partial charge < -0.3 is 54.8 Å². The van der Waals surface area contributed by atoms with Crippen LogP contribution in [0.15, 0.2) is 24.2 Å².